The monoisotopic (exact) mass is 249 g/mol. The molecule has 1 rings (SSSR count). The molecule has 0 aliphatic carbocycles. The molecule has 0 bridgehead atoms. The van der Waals surface area contributed by atoms with Crippen molar-refractivity contribution in [1.82, 2.24) is 0 Å². The Balaban J connectivity index is 2.70. The molecule has 0 radical (unpaired) electrons. The first-order valence-electron chi connectivity index (χ1n) is 3.69. The quantitative estimate of drug-likeness (QED) is 0.858. The summed E-state index contributed by atoms with van der Waals surface area (Å²) < 4.78 is 1.06. The van der Waals surface area contributed by atoms with Gasteiger partial charge in [-0.2, -0.15) is 0 Å². The van der Waals surface area contributed by atoms with E-state index in [-0.39, 0.29) is 6.54 Å². The van der Waals surface area contributed by atoms with Crippen LogP contribution in [-0.4, -0.2) is 17.3 Å². The van der Waals surface area contributed by atoms with E-state index in [4.69, 9.17) is 5.73 Å². The molecule has 1 aromatic rings. The summed E-state index contributed by atoms with van der Waals surface area (Å²) in [6, 6.07) is 1.98. The average molecular weight is 250 g/mol. The summed E-state index contributed by atoms with van der Waals surface area (Å²) in [6.07, 6.45) is 0.613. The topological polar surface area (TPSA) is 46.2 Å². The summed E-state index contributed by atoms with van der Waals surface area (Å²) in [5.41, 5.74) is 4.63. The van der Waals surface area contributed by atoms with Crippen molar-refractivity contribution in [3.63, 3.8) is 0 Å². The van der Waals surface area contributed by atoms with Gasteiger partial charge >= 0.3 is 0 Å². The first-order valence-corrected chi connectivity index (χ1v) is 5.37. The molecular weight excluding hydrogens is 238 g/mol. The van der Waals surface area contributed by atoms with Gasteiger partial charge in [-0.05, 0) is 34.3 Å². The lowest BCUT2D eigenvalue weighted by Gasteiger charge is -2.19. The lowest BCUT2D eigenvalue weighted by molar-refractivity contribution is 0.0703. The fraction of sp³-hybridized carbons (Fsp3) is 0.500. The van der Waals surface area contributed by atoms with Crippen molar-refractivity contribution < 1.29 is 5.11 Å². The molecule has 68 valence electrons. The average Bonchev–Trinajstić information content (AvgIpc) is 2.36. The van der Waals surface area contributed by atoms with Gasteiger partial charge in [0.15, 0.2) is 0 Å². The standard InChI is InChI=1S/C8H12BrNOS/c1-8(11,5-10)4-7-6(9)2-3-12-7/h2-3,11H,4-5,10H2,1H3. The molecule has 0 spiro atoms. The van der Waals surface area contributed by atoms with Crippen LogP contribution in [0.5, 0.6) is 0 Å². The van der Waals surface area contributed by atoms with E-state index in [9.17, 15) is 5.11 Å². The molecule has 3 N–H and O–H groups in total. The zero-order valence-electron chi connectivity index (χ0n) is 6.88. The van der Waals surface area contributed by atoms with Gasteiger partial charge in [-0.1, -0.05) is 0 Å². The predicted molar refractivity (Wildman–Crippen MR) is 55.4 cm³/mol. The molecule has 0 fully saturated rings. The molecule has 1 aromatic heterocycles. The van der Waals surface area contributed by atoms with E-state index in [2.05, 4.69) is 15.9 Å². The van der Waals surface area contributed by atoms with Crippen LogP contribution in [0.1, 0.15) is 11.8 Å². The van der Waals surface area contributed by atoms with E-state index in [0.717, 1.165) is 9.35 Å². The number of rotatable bonds is 3. The van der Waals surface area contributed by atoms with Crippen molar-refractivity contribution in [2.24, 2.45) is 5.73 Å². The van der Waals surface area contributed by atoms with Crippen molar-refractivity contribution >= 4 is 27.3 Å². The number of nitrogens with two attached hydrogens (primary N) is 1. The van der Waals surface area contributed by atoms with Gasteiger partial charge in [-0.25, -0.2) is 0 Å². The van der Waals surface area contributed by atoms with Crippen LogP contribution in [0.25, 0.3) is 0 Å². The van der Waals surface area contributed by atoms with Gasteiger partial charge in [0, 0.05) is 22.3 Å². The van der Waals surface area contributed by atoms with Gasteiger partial charge in [-0.15, -0.1) is 11.3 Å². The molecule has 1 unspecified atom stereocenters. The summed E-state index contributed by atoms with van der Waals surface area (Å²) in [5.74, 6) is 0. The van der Waals surface area contributed by atoms with E-state index < -0.39 is 5.60 Å². The largest absolute Gasteiger partial charge is 0.388 e. The highest BCUT2D eigenvalue weighted by Gasteiger charge is 2.20. The van der Waals surface area contributed by atoms with E-state index in [1.807, 2.05) is 11.4 Å². The Hall–Kier alpha value is 0.100. The molecule has 12 heavy (non-hydrogen) atoms. The molecule has 0 saturated carbocycles. The maximum Gasteiger partial charge on any atom is 0.0789 e. The first-order chi connectivity index (χ1) is 5.55. The summed E-state index contributed by atoms with van der Waals surface area (Å²) in [6.45, 7) is 2.04. The van der Waals surface area contributed by atoms with Crippen LogP contribution < -0.4 is 5.73 Å². The van der Waals surface area contributed by atoms with Crippen LogP contribution >= 0.6 is 27.3 Å². The zero-order valence-corrected chi connectivity index (χ0v) is 9.28. The van der Waals surface area contributed by atoms with E-state index >= 15 is 0 Å². The molecule has 1 heterocycles. The lowest BCUT2D eigenvalue weighted by atomic mass is 10.0. The fourth-order valence-electron chi connectivity index (χ4n) is 0.869. The van der Waals surface area contributed by atoms with Gasteiger partial charge < -0.3 is 10.8 Å². The second kappa shape index (κ2) is 3.87. The van der Waals surface area contributed by atoms with Crippen LogP contribution in [0.2, 0.25) is 0 Å². The molecular formula is C8H12BrNOS. The van der Waals surface area contributed by atoms with Crippen molar-refractivity contribution in [3.05, 3.63) is 20.8 Å². The van der Waals surface area contributed by atoms with Gasteiger partial charge in [0.25, 0.3) is 0 Å². The normalized spacial score (nSPS) is 16.0. The van der Waals surface area contributed by atoms with Crippen molar-refractivity contribution in [2.45, 2.75) is 18.9 Å². The minimum absolute atomic E-state index is 0.289. The molecule has 0 saturated heterocycles. The molecule has 0 aliphatic rings. The minimum Gasteiger partial charge on any atom is -0.388 e. The highest BCUT2D eigenvalue weighted by atomic mass is 79.9. The number of aliphatic hydroxyl groups is 1. The fourth-order valence-corrected chi connectivity index (χ4v) is 2.54. The zero-order chi connectivity index (χ0) is 9.19. The maximum absolute atomic E-state index is 9.68. The van der Waals surface area contributed by atoms with E-state index in [1.54, 1.807) is 18.3 Å². The number of halogens is 1. The van der Waals surface area contributed by atoms with Gasteiger partial charge in [0.2, 0.25) is 0 Å². The third kappa shape index (κ3) is 2.55. The van der Waals surface area contributed by atoms with E-state index in [0.29, 0.717) is 6.42 Å². The summed E-state index contributed by atoms with van der Waals surface area (Å²) in [7, 11) is 0. The van der Waals surface area contributed by atoms with Crippen molar-refractivity contribution in [3.8, 4) is 0 Å². The van der Waals surface area contributed by atoms with Crippen LogP contribution in [0.15, 0.2) is 15.9 Å². The SMILES string of the molecule is CC(O)(CN)Cc1sccc1Br. The van der Waals surface area contributed by atoms with Crippen LogP contribution in [-0.2, 0) is 6.42 Å². The third-order valence-electron chi connectivity index (χ3n) is 1.67. The Morgan fingerprint density at radius 3 is 2.83 bits per heavy atom. The molecule has 4 heteroatoms. The molecule has 1 atom stereocenters. The smallest absolute Gasteiger partial charge is 0.0789 e. The van der Waals surface area contributed by atoms with Gasteiger partial charge in [0.05, 0.1) is 5.60 Å². The molecule has 0 aliphatic heterocycles. The Labute approximate surface area is 84.5 Å². The Kier molecular flexibility index (Phi) is 3.29. The van der Waals surface area contributed by atoms with Crippen molar-refractivity contribution in [2.75, 3.05) is 6.54 Å². The minimum atomic E-state index is -0.784. The maximum atomic E-state index is 9.68. The number of thiophene rings is 1. The number of hydrogen-bond acceptors (Lipinski definition) is 3. The summed E-state index contributed by atoms with van der Waals surface area (Å²) in [5, 5.41) is 11.7. The van der Waals surface area contributed by atoms with E-state index in [1.165, 1.54) is 0 Å². The second-order valence-corrected chi connectivity index (χ2v) is 4.92. The highest BCUT2D eigenvalue weighted by Crippen LogP contribution is 2.26. The highest BCUT2D eigenvalue weighted by molar-refractivity contribution is 9.10. The van der Waals surface area contributed by atoms with Crippen molar-refractivity contribution in [1.29, 1.82) is 0 Å². The molecule has 0 amide bonds. The second-order valence-electron chi connectivity index (χ2n) is 3.07. The summed E-state index contributed by atoms with van der Waals surface area (Å²) in [4.78, 5) is 1.14. The van der Waals surface area contributed by atoms with Crippen LogP contribution in [0.3, 0.4) is 0 Å². The van der Waals surface area contributed by atoms with Crippen LogP contribution in [0, 0.1) is 0 Å². The molecule has 2 nitrogen and oxygen atoms in total. The Morgan fingerprint density at radius 1 is 1.75 bits per heavy atom. The van der Waals surface area contributed by atoms with Gasteiger partial charge in [-0.3, -0.25) is 0 Å². The predicted octanol–water partition coefficient (Wildman–Crippen LogP) is 1.76. The Bertz CT molecular complexity index is 259. The lowest BCUT2D eigenvalue weighted by Crippen LogP contribution is -2.36. The Morgan fingerprint density at radius 2 is 2.42 bits per heavy atom. The third-order valence-corrected chi connectivity index (χ3v) is 3.60. The first kappa shape index (κ1) is 10.2. The van der Waals surface area contributed by atoms with Crippen LogP contribution in [0.4, 0.5) is 0 Å². The number of hydrogen-bond donors (Lipinski definition) is 2. The summed E-state index contributed by atoms with van der Waals surface area (Å²) >= 11 is 5.04. The molecule has 0 aromatic carbocycles. The van der Waals surface area contributed by atoms with Gasteiger partial charge in [0.1, 0.15) is 0 Å².